The molecule has 0 bridgehead atoms. The molecule has 0 aromatic heterocycles. The number of carboxylic acid groups (broad SMARTS) is 1. The lowest BCUT2D eigenvalue weighted by Crippen LogP contribution is -2.43. The third kappa shape index (κ3) is 6.00. The number of carbonyl (C=O) groups is 3. The fraction of sp³-hybridized carbons (Fsp3) is 0.222. The number of alkyl carbamates (subject to hydrolysis) is 1. The zero-order chi connectivity index (χ0) is 24.8. The minimum Gasteiger partial charge on any atom is -0.480 e. The van der Waals surface area contributed by atoms with Crippen molar-refractivity contribution >= 4 is 29.6 Å². The second-order valence-corrected chi connectivity index (χ2v) is 8.73. The van der Waals surface area contributed by atoms with E-state index in [1.165, 1.54) is 0 Å². The van der Waals surface area contributed by atoms with Crippen LogP contribution in [0, 0.1) is 0 Å². The first-order valence-corrected chi connectivity index (χ1v) is 11.7. The van der Waals surface area contributed by atoms with Crippen molar-refractivity contribution in [2.45, 2.75) is 24.8 Å². The Balaban J connectivity index is 1.24. The maximum atomic E-state index is 12.2. The number of hydrogen-bond acceptors (Lipinski definition) is 4. The van der Waals surface area contributed by atoms with Gasteiger partial charge in [-0.15, -0.1) is 0 Å². The van der Waals surface area contributed by atoms with E-state index in [0.717, 1.165) is 27.8 Å². The lowest BCUT2D eigenvalue weighted by atomic mass is 9.98. The van der Waals surface area contributed by atoms with Crippen LogP contribution >= 0.6 is 11.6 Å². The lowest BCUT2D eigenvalue weighted by Gasteiger charge is -2.16. The van der Waals surface area contributed by atoms with Crippen LogP contribution in [0.2, 0.25) is 5.02 Å². The summed E-state index contributed by atoms with van der Waals surface area (Å²) >= 11 is 5.85. The van der Waals surface area contributed by atoms with Crippen LogP contribution in [0.5, 0.6) is 0 Å². The van der Waals surface area contributed by atoms with E-state index in [0.29, 0.717) is 5.02 Å². The molecule has 0 fully saturated rings. The van der Waals surface area contributed by atoms with Gasteiger partial charge in [0.1, 0.15) is 12.6 Å². The molecule has 3 N–H and O–H groups in total. The number of amides is 2. The van der Waals surface area contributed by atoms with E-state index in [1.54, 1.807) is 24.3 Å². The normalized spacial score (nSPS) is 12.8. The maximum Gasteiger partial charge on any atom is 0.407 e. The number of nitrogens with one attached hydrogen (secondary N) is 2. The molecule has 7 nitrogen and oxygen atoms in total. The average molecular weight is 493 g/mol. The average Bonchev–Trinajstić information content (AvgIpc) is 3.17. The van der Waals surface area contributed by atoms with Gasteiger partial charge in [-0.2, -0.15) is 0 Å². The van der Waals surface area contributed by atoms with Crippen LogP contribution in [-0.4, -0.2) is 42.3 Å². The third-order valence-electron chi connectivity index (χ3n) is 5.95. The Morgan fingerprint density at radius 2 is 1.51 bits per heavy atom. The molecule has 0 saturated heterocycles. The van der Waals surface area contributed by atoms with Gasteiger partial charge in [0.15, 0.2) is 0 Å². The number of ether oxygens (including phenoxy) is 1. The third-order valence-corrected chi connectivity index (χ3v) is 6.20. The molecule has 0 aliphatic heterocycles. The van der Waals surface area contributed by atoms with E-state index in [-0.39, 0.29) is 31.9 Å². The molecule has 0 heterocycles. The zero-order valence-electron chi connectivity index (χ0n) is 18.9. The van der Waals surface area contributed by atoms with Crippen LogP contribution in [0.25, 0.3) is 11.1 Å². The summed E-state index contributed by atoms with van der Waals surface area (Å²) in [6.07, 6.45) is -0.581. The molecule has 3 aromatic carbocycles. The van der Waals surface area contributed by atoms with Crippen molar-refractivity contribution in [3.8, 4) is 11.1 Å². The monoisotopic (exact) mass is 492 g/mol. The second-order valence-electron chi connectivity index (χ2n) is 8.29. The smallest absolute Gasteiger partial charge is 0.407 e. The molecular weight excluding hydrogens is 468 g/mol. The van der Waals surface area contributed by atoms with E-state index >= 15 is 0 Å². The number of carboxylic acids is 1. The zero-order valence-corrected chi connectivity index (χ0v) is 19.6. The molecule has 0 radical (unpaired) electrons. The van der Waals surface area contributed by atoms with Crippen molar-refractivity contribution in [3.63, 3.8) is 0 Å². The van der Waals surface area contributed by atoms with E-state index in [1.807, 2.05) is 36.4 Å². The first-order valence-electron chi connectivity index (χ1n) is 11.3. The summed E-state index contributed by atoms with van der Waals surface area (Å²) in [5.41, 5.74) is 5.24. The van der Waals surface area contributed by atoms with Gasteiger partial charge in [0.05, 0.1) is 0 Å². The molecule has 8 heteroatoms. The molecule has 0 unspecified atom stereocenters. The Labute approximate surface area is 208 Å². The predicted molar refractivity (Wildman–Crippen MR) is 132 cm³/mol. The van der Waals surface area contributed by atoms with Gasteiger partial charge in [-0.1, -0.05) is 72.3 Å². The Bertz CT molecular complexity index is 1180. The Morgan fingerprint density at radius 3 is 2.11 bits per heavy atom. The molecule has 4 rings (SSSR count). The van der Waals surface area contributed by atoms with E-state index in [9.17, 15) is 19.5 Å². The van der Waals surface area contributed by atoms with Crippen molar-refractivity contribution in [2.24, 2.45) is 0 Å². The van der Waals surface area contributed by atoms with Crippen LogP contribution in [-0.2, 0) is 20.7 Å². The first kappa shape index (κ1) is 24.3. The Kier molecular flexibility index (Phi) is 7.67. The summed E-state index contributed by atoms with van der Waals surface area (Å²) in [5, 5.41) is 15.0. The molecule has 0 spiro atoms. The molecule has 1 aliphatic carbocycles. The van der Waals surface area contributed by atoms with Crippen LogP contribution in [0.4, 0.5) is 4.79 Å². The summed E-state index contributed by atoms with van der Waals surface area (Å²) < 4.78 is 5.44. The minimum absolute atomic E-state index is 0.0236. The van der Waals surface area contributed by atoms with Crippen LogP contribution in [0.15, 0.2) is 72.8 Å². The maximum absolute atomic E-state index is 12.2. The fourth-order valence-corrected chi connectivity index (χ4v) is 4.38. The van der Waals surface area contributed by atoms with Gasteiger partial charge in [-0.3, -0.25) is 4.79 Å². The Hall–Kier alpha value is -3.84. The summed E-state index contributed by atoms with van der Waals surface area (Å²) in [7, 11) is 0. The van der Waals surface area contributed by atoms with E-state index in [4.69, 9.17) is 16.3 Å². The van der Waals surface area contributed by atoms with Gasteiger partial charge in [0.2, 0.25) is 5.91 Å². The predicted octanol–water partition coefficient (Wildman–Crippen LogP) is 4.38. The SMILES string of the molecule is O=C(CCNC(=O)OCC1c2ccccc2-c2ccccc21)N[C@H](Cc1ccc(Cl)cc1)C(=O)O. The van der Waals surface area contributed by atoms with Crippen molar-refractivity contribution in [2.75, 3.05) is 13.2 Å². The minimum atomic E-state index is -1.14. The quantitative estimate of drug-likeness (QED) is 0.411. The number of benzene rings is 3. The highest BCUT2D eigenvalue weighted by Gasteiger charge is 2.29. The van der Waals surface area contributed by atoms with Crippen LogP contribution < -0.4 is 10.6 Å². The molecule has 180 valence electrons. The Morgan fingerprint density at radius 1 is 0.914 bits per heavy atom. The first-order chi connectivity index (χ1) is 16.9. The van der Waals surface area contributed by atoms with Gasteiger partial charge >= 0.3 is 12.1 Å². The van der Waals surface area contributed by atoms with Gasteiger partial charge in [0, 0.05) is 30.3 Å². The van der Waals surface area contributed by atoms with Gasteiger partial charge < -0.3 is 20.5 Å². The largest absolute Gasteiger partial charge is 0.480 e. The number of rotatable bonds is 9. The highest BCUT2D eigenvalue weighted by atomic mass is 35.5. The van der Waals surface area contributed by atoms with Crippen molar-refractivity contribution in [1.29, 1.82) is 0 Å². The molecule has 0 saturated carbocycles. The van der Waals surface area contributed by atoms with Gasteiger partial charge in [-0.05, 0) is 39.9 Å². The van der Waals surface area contributed by atoms with Crippen LogP contribution in [0.1, 0.15) is 29.0 Å². The molecule has 1 aliphatic rings. The molecular formula is C27H25ClN2O5. The van der Waals surface area contributed by atoms with Crippen molar-refractivity contribution in [3.05, 3.63) is 94.5 Å². The summed E-state index contributed by atoms with van der Waals surface area (Å²) in [6.45, 7) is 0.198. The summed E-state index contributed by atoms with van der Waals surface area (Å²) in [6, 6.07) is 21.8. The molecule has 1 atom stereocenters. The van der Waals surface area contributed by atoms with E-state index in [2.05, 4.69) is 22.8 Å². The lowest BCUT2D eigenvalue weighted by molar-refractivity contribution is -0.141. The van der Waals surface area contributed by atoms with Crippen LogP contribution in [0.3, 0.4) is 0 Å². The number of hydrogen-bond donors (Lipinski definition) is 3. The highest BCUT2D eigenvalue weighted by Crippen LogP contribution is 2.44. The topological polar surface area (TPSA) is 105 Å². The summed E-state index contributed by atoms with van der Waals surface area (Å²) in [5.74, 6) is -1.68. The van der Waals surface area contributed by atoms with Crippen molar-refractivity contribution < 1.29 is 24.2 Å². The summed E-state index contributed by atoms with van der Waals surface area (Å²) in [4.78, 5) is 36.0. The molecule has 2 amide bonds. The van der Waals surface area contributed by atoms with Gasteiger partial charge in [-0.25, -0.2) is 9.59 Å². The van der Waals surface area contributed by atoms with E-state index < -0.39 is 24.0 Å². The number of halogens is 1. The molecule has 35 heavy (non-hydrogen) atoms. The van der Waals surface area contributed by atoms with Crippen molar-refractivity contribution in [1.82, 2.24) is 10.6 Å². The number of carbonyl (C=O) groups excluding carboxylic acids is 2. The number of fused-ring (bicyclic) bond motifs is 3. The highest BCUT2D eigenvalue weighted by molar-refractivity contribution is 6.30. The second kappa shape index (κ2) is 11.1. The molecule has 3 aromatic rings. The number of aliphatic carboxylic acids is 1. The standard InChI is InChI=1S/C27H25ClN2O5/c28-18-11-9-17(10-12-18)15-24(26(32)33)30-25(31)13-14-29-27(34)35-16-23-21-7-3-1-5-19(21)20-6-2-4-8-22(20)23/h1-12,23-24H,13-16H2,(H,29,34)(H,30,31)(H,32,33)/t24-/m1/s1. The fourth-order valence-electron chi connectivity index (χ4n) is 4.25. The van der Waals surface area contributed by atoms with Gasteiger partial charge in [0.25, 0.3) is 0 Å².